The van der Waals surface area contributed by atoms with Crippen LogP contribution in [-0.2, 0) is 39.8 Å². The maximum Gasteiger partial charge on any atom is 0.420 e. The molecule has 0 aromatic heterocycles. The Hall–Kier alpha value is -4.56. The van der Waals surface area contributed by atoms with Gasteiger partial charge >= 0.3 is 24.3 Å². The molecule has 0 atom stereocenters. The number of esters is 1. The van der Waals surface area contributed by atoms with Crippen LogP contribution >= 0.6 is 0 Å². The molecule has 6 rings (SSSR count). The minimum absolute atomic E-state index is 0. The Balaban J connectivity index is 0.000000351. The number of ether oxygens (including phenoxy) is 3. The molecular weight excluding hydrogens is 887 g/mol. The van der Waals surface area contributed by atoms with Crippen LogP contribution in [0, 0.1) is 22.7 Å². The number of halogens is 6. The second kappa shape index (κ2) is 24.8. The van der Waals surface area contributed by atoms with Crippen LogP contribution in [0.2, 0.25) is 0 Å². The number of carboxylic acid groups (broad SMARTS) is 1. The lowest BCUT2D eigenvalue weighted by molar-refractivity contribution is -0.143. The number of nitrogens with one attached hydrogen (secondary N) is 2. The molecule has 0 bridgehead atoms. The largest absolute Gasteiger partial charge is 0.490 e. The highest BCUT2D eigenvalue weighted by Crippen LogP contribution is 2.46. The third-order valence-corrected chi connectivity index (χ3v) is 13.0. The first-order valence-electron chi connectivity index (χ1n) is 23.3. The van der Waals surface area contributed by atoms with E-state index in [4.69, 9.17) is 19.3 Å². The van der Waals surface area contributed by atoms with Crippen LogP contribution in [-0.4, -0.2) is 48.9 Å². The van der Waals surface area contributed by atoms with Gasteiger partial charge in [0.15, 0.2) is 0 Å². The van der Waals surface area contributed by atoms with Crippen LogP contribution in [0.5, 0.6) is 11.5 Å². The summed E-state index contributed by atoms with van der Waals surface area (Å²) in [6.07, 6.45) is -2.28. The van der Waals surface area contributed by atoms with Gasteiger partial charge in [0.25, 0.3) is 0 Å². The SMILES string of the molecule is C.C.CC(C)(C)C1CCC(Oc2ccc3cc(CNCCC(=O)O)ccc3c2C(F)(F)F)CC1.CCOC(=O)CCNCc1ccc2c(C(F)(F)F)c(OC3CCC(C(C)(C)C)CC3)ccc2c1. The van der Waals surface area contributed by atoms with E-state index in [2.05, 4.69) is 52.2 Å². The minimum Gasteiger partial charge on any atom is -0.490 e. The summed E-state index contributed by atoms with van der Waals surface area (Å²) in [4.78, 5) is 22.0. The van der Waals surface area contributed by atoms with E-state index >= 15 is 0 Å². The summed E-state index contributed by atoms with van der Waals surface area (Å²) in [6, 6.07) is 16.0. The number of carboxylic acids is 1. The summed E-state index contributed by atoms with van der Waals surface area (Å²) in [5.41, 5.74) is 0.619. The lowest BCUT2D eigenvalue weighted by Gasteiger charge is -2.37. The van der Waals surface area contributed by atoms with Gasteiger partial charge in [-0.2, -0.15) is 26.3 Å². The second-order valence-electron chi connectivity index (χ2n) is 20.0. The highest BCUT2D eigenvalue weighted by molar-refractivity contribution is 5.90. The Morgan fingerprint density at radius 3 is 1.31 bits per heavy atom. The van der Waals surface area contributed by atoms with Crippen molar-refractivity contribution in [3.8, 4) is 11.5 Å². The summed E-state index contributed by atoms with van der Waals surface area (Å²) in [5.74, 6) is -0.233. The van der Waals surface area contributed by atoms with Crippen molar-refractivity contribution in [1.29, 1.82) is 0 Å². The van der Waals surface area contributed by atoms with Gasteiger partial charge in [-0.05, 0) is 138 Å². The van der Waals surface area contributed by atoms with Gasteiger partial charge in [-0.25, -0.2) is 0 Å². The molecule has 3 N–H and O–H groups in total. The van der Waals surface area contributed by atoms with Crippen molar-refractivity contribution in [3.63, 3.8) is 0 Å². The monoisotopic (exact) mass is 963 g/mol. The van der Waals surface area contributed by atoms with E-state index in [9.17, 15) is 35.9 Å². The first-order valence-corrected chi connectivity index (χ1v) is 23.3. The predicted molar refractivity (Wildman–Crippen MR) is 260 cm³/mol. The number of fused-ring (bicyclic) bond motifs is 2. The average Bonchev–Trinajstić information content (AvgIpc) is 3.23. The quantitative estimate of drug-likeness (QED) is 0.0615. The van der Waals surface area contributed by atoms with Gasteiger partial charge in [-0.15, -0.1) is 0 Å². The van der Waals surface area contributed by atoms with Crippen LogP contribution in [0.1, 0.15) is 150 Å². The molecule has 0 saturated heterocycles. The topological polar surface area (TPSA) is 106 Å². The lowest BCUT2D eigenvalue weighted by Crippen LogP contribution is -2.31. The fourth-order valence-corrected chi connectivity index (χ4v) is 9.26. The molecule has 4 aromatic rings. The molecule has 0 aliphatic heterocycles. The molecular formula is C54H76F6N2O6. The van der Waals surface area contributed by atoms with Crippen molar-refractivity contribution in [2.24, 2.45) is 22.7 Å². The summed E-state index contributed by atoms with van der Waals surface area (Å²) in [7, 11) is 0. The van der Waals surface area contributed by atoms with E-state index in [0.717, 1.165) is 62.5 Å². The van der Waals surface area contributed by atoms with Crippen molar-refractivity contribution in [1.82, 2.24) is 10.6 Å². The third-order valence-electron chi connectivity index (χ3n) is 13.0. The molecule has 380 valence electrons. The fraction of sp³-hybridized carbons (Fsp3) is 0.593. The number of carbonyl (C=O) groups excluding carboxylic acids is 1. The maximum atomic E-state index is 14.1. The van der Waals surface area contributed by atoms with E-state index in [1.165, 1.54) is 24.3 Å². The number of rotatable bonds is 15. The van der Waals surface area contributed by atoms with Crippen LogP contribution < -0.4 is 20.1 Å². The predicted octanol–water partition coefficient (Wildman–Crippen LogP) is 14.6. The van der Waals surface area contributed by atoms with Gasteiger partial charge < -0.3 is 30.0 Å². The summed E-state index contributed by atoms with van der Waals surface area (Å²) in [6.45, 7) is 16.9. The summed E-state index contributed by atoms with van der Waals surface area (Å²) >= 11 is 0. The van der Waals surface area contributed by atoms with Gasteiger partial charge in [-0.1, -0.05) is 92.8 Å². The number of hydrogen-bond donors (Lipinski definition) is 3. The van der Waals surface area contributed by atoms with Crippen molar-refractivity contribution >= 4 is 33.5 Å². The first kappa shape index (κ1) is 57.8. The average molecular weight is 963 g/mol. The molecule has 14 heteroatoms. The first-order chi connectivity index (χ1) is 30.9. The fourth-order valence-electron chi connectivity index (χ4n) is 9.26. The van der Waals surface area contributed by atoms with Crippen molar-refractivity contribution < 1.29 is 55.2 Å². The Labute approximate surface area is 400 Å². The number of carbonyl (C=O) groups is 2. The minimum atomic E-state index is -4.53. The van der Waals surface area contributed by atoms with Gasteiger partial charge in [0.2, 0.25) is 0 Å². The van der Waals surface area contributed by atoms with E-state index in [1.807, 2.05) is 0 Å². The van der Waals surface area contributed by atoms with Crippen molar-refractivity contribution in [2.75, 3.05) is 19.7 Å². The molecule has 0 spiro atoms. The van der Waals surface area contributed by atoms with Gasteiger partial charge in [0, 0.05) is 26.2 Å². The number of hydrogen-bond acceptors (Lipinski definition) is 7. The Morgan fingerprint density at radius 1 is 0.588 bits per heavy atom. The van der Waals surface area contributed by atoms with Crippen LogP contribution in [0.4, 0.5) is 26.3 Å². The number of alkyl halides is 6. The van der Waals surface area contributed by atoms with Crippen LogP contribution in [0.15, 0.2) is 60.7 Å². The van der Waals surface area contributed by atoms with Crippen molar-refractivity contribution in [3.05, 3.63) is 82.9 Å². The molecule has 0 amide bonds. The van der Waals surface area contributed by atoms with Gasteiger partial charge in [0.05, 0.1) is 31.7 Å². The second-order valence-corrected chi connectivity index (χ2v) is 20.0. The molecule has 0 heterocycles. The standard InChI is InChI=1S/C27H36F3NO3.C25H32F3NO3.2CH4/c1-5-33-24(32)14-15-31-17-18-6-12-22-19(16-18)7-13-23(25(22)27(28,29)30)34-21-10-8-20(9-11-21)26(2,3)4;1-24(2,3)18-6-8-19(9-7-18)32-21-11-5-17-14-16(15-29-13-12-22(30)31)4-10-20(17)23(21)25(26,27)28;;/h6-7,12-13,16,20-21,31H,5,8-11,14-15,17H2,1-4H3;4-5,10-11,14,18-19,29H,6-9,12-13,15H2,1-3H3,(H,30,31);2*1H4. The molecule has 2 saturated carbocycles. The maximum absolute atomic E-state index is 14.1. The van der Waals surface area contributed by atoms with Crippen LogP contribution in [0.3, 0.4) is 0 Å². The van der Waals surface area contributed by atoms with E-state index < -0.39 is 29.4 Å². The Kier molecular flexibility index (Phi) is 21.1. The van der Waals surface area contributed by atoms with Crippen molar-refractivity contribution in [2.45, 2.75) is 165 Å². The van der Waals surface area contributed by atoms with Gasteiger partial charge in [0.1, 0.15) is 22.6 Å². The number of benzene rings is 4. The van der Waals surface area contributed by atoms with E-state index in [0.29, 0.717) is 55.4 Å². The Bertz CT molecular complexity index is 2230. The highest BCUT2D eigenvalue weighted by atomic mass is 19.4. The molecule has 68 heavy (non-hydrogen) atoms. The molecule has 2 aliphatic carbocycles. The van der Waals surface area contributed by atoms with E-state index in [1.54, 1.807) is 43.3 Å². The smallest absolute Gasteiger partial charge is 0.420 e. The molecule has 4 aromatic carbocycles. The molecule has 0 unspecified atom stereocenters. The zero-order valence-corrected chi connectivity index (χ0v) is 39.4. The third kappa shape index (κ3) is 16.6. The molecule has 2 fully saturated rings. The molecule has 8 nitrogen and oxygen atoms in total. The number of aliphatic carboxylic acids is 1. The van der Waals surface area contributed by atoms with Gasteiger partial charge in [-0.3, -0.25) is 9.59 Å². The molecule has 0 radical (unpaired) electrons. The normalized spacial score (nSPS) is 19.0. The Morgan fingerprint density at radius 2 is 0.971 bits per heavy atom. The zero-order chi connectivity index (χ0) is 48.5. The lowest BCUT2D eigenvalue weighted by atomic mass is 9.72. The summed E-state index contributed by atoms with van der Waals surface area (Å²) < 4.78 is 101. The van der Waals surface area contributed by atoms with Crippen LogP contribution in [0.25, 0.3) is 21.5 Å². The summed E-state index contributed by atoms with van der Waals surface area (Å²) in [5, 5.41) is 16.1. The highest BCUT2D eigenvalue weighted by Gasteiger charge is 2.40. The molecule has 2 aliphatic rings. The van der Waals surface area contributed by atoms with E-state index in [-0.39, 0.29) is 79.0 Å². The zero-order valence-electron chi connectivity index (χ0n) is 39.4.